The fourth-order valence-electron chi connectivity index (χ4n) is 5.36. The van der Waals surface area contributed by atoms with Crippen molar-refractivity contribution in [2.45, 2.75) is 26.2 Å². The Bertz CT molecular complexity index is 1800. The third kappa shape index (κ3) is 3.79. The van der Waals surface area contributed by atoms with E-state index in [0.29, 0.717) is 5.56 Å². The van der Waals surface area contributed by atoms with Crippen LogP contribution in [0.5, 0.6) is 0 Å². The van der Waals surface area contributed by atoms with Crippen molar-refractivity contribution in [3.05, 3.63) is 121 Å². The monoisotopic (exact) mass is 477 g/mol. The molecule has 37 heavy (non-hydrogen) atoms. The number of benzene rings is 4. The average Bonchev–Trinajstić information content (AvgIpc) is 3.27. The van der Waals surface area contributed by atoms with Gasteiger partial charge in [-0.05, 0) is 52.4 Å². The highest BCUT2D eigenvalue weighted by atomic mass is 15.0. The van der Waals surface area contributed by atoms with Gasteiger partial charge in [-0.1, -0.05) is 87.5 Å². The van der Waals surface area contributed by atoms with Gasteiger partial charge in [0.1, 0.15) is 0 Å². The zero-order valence-corrected chi connectivity index (χ0v) is 21.2. The van der Waals surface area contributed by atoms with Gasteiger partial charge in [-0.25, -0.2) is 0 Å². The second-order valence-corrected chi connectivity index (χ2v) is 10.4. The van der Waals surface area contributed by atoms with Crippen LogP contribution in [0, 0.1) is 11.3 Å². The third-order valence-corrected chi connectivity index (χ3v) is 7.08. The molecule has 0 amide bonds. The quantitative estimate of drug-likeness (QED) is 0.256. The zero-order valence-electron chi connectivity index (χ0n) is 21.2. The van der Waals surface area contributed by atoms with E-state index in [1.807, 2.05) is 18.2 Å². The summed E-state index contributed by atoms with van der Waals surface area (Å²) in [6.45, 7) is 6.78. The van der Waals surface area contributed by atoms with Crippen molar-refractivity contribution >= 4 is 21.8 Å². The molecule has 0 unspecified atom stereocenters. The Morgan fingerprint density at radius 2 is 1.38 bits per heavy atom. The molecule has 0 atom stereocenters. The summed E-state index contributed by atoms with van der Waals surface area (Å²) in [4.78, 5) is 4.18. The number of para-hydroxylation sites is 2. The van der Waals surface area contributed by atoms with Gasteiger partial charge in [0, 0.05) is 34.3 Å². The molecule has 0 fully saturated rings. The van der Waals surface area contributed by atoms with Crippen LogP contribution in [0.2, 0.25) is 0 Å². The lowest BCUT2D eigenvalue weighted by Gasteiger charge is -2.23. The molecule has 6 aromatic rings. The van der Waals surface area contributed by atoms with E-state index in [1.165, 1.54) is 21.9 Å². The summed E-state index contributed by atoms with van der Waals surface area (Å²) in [6, 6.07) is 36.2. The molecular weight excluding hydrogens is 450 g/mol. The largest absolute Gasteiger partial charge is 0.308 e. The molecule has 4 aromatic carbocycles. The summed E-state index contributed by atoms with van der Waals surface area (Å²) in [5.41, 5.74) is 9.25. The fraction of sp³-hybridized carbons (Fsp3) is 0.118. The number of fused-ring (bicyclic) bond motifs is 3. The molecule has 0 saturated heterocycles. The van der Waals surface area contributed by atoms with Gasteiger partial charge >= 0.3 is 0 Å². The molecule has 2 aromatic heterocycles. The minimum absolute atomic E-state index is 0.0619. The SMILES string of the molecule is CC(C)(C)c1cccc2c3ccccc3n(-c3cc(C#N)c(-c4ccncc4)cc3-c3ccccc3)c12. The second kappa shape index (κ2) is 8.76. The predicted octanol–water partition coefficient (Wildman–Crippen LogP) is 8.68. The van der Waals surface area contributed by atoms with Crippen LogP contribution in [0.25, 0.3) is 49.7 Å². The molecule has 0 aliphatic rings. The maximum atomic E-state index is 10.3. The topological polar surface area (TPSA) is 41.6 Å². The number of pyridine rings is 1. The molecule has 178 valence electrons. The van der Waals surface area contributed by atoms with Crippen molar-refractivity contribution in [1.29, 1.82) is 5.26 Å². The van der Waals surface area contributed by atoms with E-state index in [1.54, 1.807) is 12.4 Å². The molecule has 3 heteroatoms. The van der Waals surface area contributed by atoms with Crippen LogP contribution in [0.1, 0.15) is 31.9 Å². The van der Waals surface area contributed by atoms with Crippen LogP contribution >= 0.6 is 0 Å². The first-order valence-corrected chi connectivity index (χ1v) is 12.5. The molecule has 0 aliphatic heterocycles. The van der Waals surface area contributed by atoms with E-state index in [2.05, 4.69) is 115 Å². The molecule has 0 aliphatic carbocycles. The number of hydrogen-bond donors (Lipinski definition) is 0. The summed E-state index contributed by atoms with van der Waals surface area (Å²) in [5.74, 6) is 0. The van der Waals surface area contributed by atoms with E-state index in [-0.39, 0.29) is 5.41 Å². The van der Waals surface area contributed by atoms with Crippen LogP contribution in [0.15, 0.2) is 109 Å². The Morgan fingerprint density at radius 1 is 0.703 bits per heavy atom. The second-order valence-electron chi connectivity index (χ2n) is 10.4. The van der Waals surface area contributed by atoms with Gasteiger partial charge in [0.05, 0.1) is 28.4 Å². The van der Waals surface area contributed by atoms with Gasteiger partial charge in [0.25, 0.3) is 0 Å². The smallest absolute Gasteiger partial charge is 0.0998 e. The lowest BCUT2D eigenvalue weighted by atomic mass is 9.85. The maximum Gasteiger partial charge on any atom is 0.0998 e. The summed E-state index contributed by atoms with van der Waals surface area (Å²) >= 11 is 0. The van der Waals surface area contributed by atoms with Gasteiger partial charge in [-0.2, -0.15) is 5.26 Å². The van der Waals surface area contributed by atoms with Crippen molar-refractivity contribution in [3.8, 4) is 34.0 Å². The Kier molecular flexibility index (Phi) is 5.39. The molecule has 0 radical (unpaired) electrons. The lowest BCUT2D eigenvalue weighted by molar-refractivity contribution is 0.594. The van der Waals surface area contributed by atoms with Crippen LogP contribution < -0.4 is 0 Å². The first-order chi connectivity index (χ1) is 18.0. The predicted molar refractivity (Wildman–Crippen MR) is 153 cm³/mol. The van der Waals surface area contributed by atoms with E-state index >= 15 is 0 Å². The van der Waals surface area contributed by atoms with Crippen molar-refractivity contribution < 1.29 is 0 Å². The number of rotatable bonds is 3. The summed E-state index contributed by atoms with van der Waals surface area (Å²) < 4.78 is 2.37. The average molecular weight is 478 g/mol. The van der Waals surface area contributed by atoms with Gasteiger partial charge < -0.3 is 4.57 Å². The van der Waals surface area contributed by atoms with E-state index < -0.39 is 0 Å². The lowest BCUT2D eigenvalue weighted by Crippen LogP contribution is -2.13. The first kappa shape index (κ1) is 22.8. The van der Waals surface area contributed by atoms with Crippen molar-refractivity contribution in [3.63, 3.8) is 0 Å². The van der Waals surface area contributed by atoms with Gasteiger partial charge in [0.15, 0.2) is 0 Å². The van der Waals surface area contributed by atoms with Crippen LogP contribution in [0.4, 0.5) is 0 Å². The van der Waals surface area contributed by atoms with E-state index in [9.17, 15) is 5.26 Å². The van der Waals surface area contributed by atoms with Crippen LogP contribution in [0.3, 0.4) is 0 Å². The highest BCUT2D eigenvalue weighted by Crippen LogP contribution is 2.42. The number of aromatic nitrogens is 2. The highest BCUT2D eigenvalue weighted by Gasteiger charge is 2.24. The Balaban J connectivity index is 1.80. The molecule has 3 nitrogen and oxygen atoms in total. The number of nitrogens with zero attached hydrogens (tertiary/aromatic N) is 3. The fourth-order valence-corrected chi connectivity index (χ4v) is 5.36. The summed E-state index contributed by atoms with van der Waals surface area (Å²) in [7, 11) is 0. The van der Waals surface area contributed by atoms with E-state index in [4.69, 9.17) is 0 Å². The third-order valence-electron chi connectivity index (χ3n) is 7.08. The molecule has 0 saturated carbocycles. The minimum Gasteiger partial charge on any atom is -0.308 e. The van der Waals surface area contributed by atoms with Gasteiger partial charge in [-0.15, -0.1) is 0 Å². The molecule has 0 spiro atoms. The van der Waals surface area contributed by atoms with Crippen molar-refractivity contribution in [2.75, 3.05) is 0 Å². The Labute approximate surface area is 217 Å². The molecule has 0 bridgehead atoms. The Hall–Kier alpha value is -4.68. The molecule has 0 N–H and O–H groups in total. The van der Waals surface area contributed by atoms with Crippen LogP contribution in [-0.2, 0) is 5.41 Å². The summed E-state index contributed by atoms with van der Waals surface area (Å²) in [6.07, 6.45) is 3.55. The highest BCUT2D eigenvalue weighted by molar-refractivity contribution is 6.11. The van der Waals surface area contributed by atoms with Crippen LogP contribution in [-0.4, -0.2) is 9.55 Å². The van der Waals surface area contributed by atoms with E-state index in [0.717, 1.165) is 33.5 Å². The summed E-state index contributed by atoms with van der Waals surface area (Å²) in [5, 5.41) is 12.7. The maximum absolute atomic E-state index is 10.3. The molecular formula is C34H27N3. The standard InChI is InChI=1S/C34H27N3/c1-34(2,3)30-14-9-13-27-26-12-7-8-15-31(26)37(33(27)30)32-20-25(22-35)28(24-16-18-36-19-17-24)21-29(32)23-10-5-4-6-11-23/h4-21H,1-3H3. The van der Waals surface area contributed by atoms with Gasteiger partial charge in [0.2, 0.25) is 0 Å². The normalized spacial score (nSPS) is 11.6. The zero-order chi connectivity index (χ0) is 25.6. The molecule has 6 rings (SSSR count). The van der Waals surface area contributed by atoms with Crippen molar-refractivity contribution in [2.24, 2.45) is 0 Å². The van der Waals surface area contributed by atoms with Crippen molar-refractivity contribution in [1.82, 2.24) is 9.55 Å². The van der Waals surface area contributed by atoms with Gasteiger partial charge in [-0.3, -0.25) is 4.98 Å². The first-order valence-electron chi connectivity index (χ1n) is 12.5. The number of hydrogen-bond acceptors (Lipinski definition) is 2. The number of nitriles is 1. The Morgan fingerprint density at radius 3 is 2.11 bits per heavy atom. The minimum atomic E-state index is -0.0619. The molecule has 2 heterocycles.